The van der Waals surface area contributed by atoms with Crippen molar-refractivity contribution in [2.45, 2.75) is 35.5 Å². The Hall–Kier alpha value is 1.12. The van der Waals surface area contributed by atoms with Gasteiger partial charge in [-0.3, -0.25) is 0 Å². The van der Waals surface area contributed by atoms with Gasteiger partial charge in [-0.05, 0) is 19.3 Å². The summed E-state index contributed by atoms with van der Waals surface area (Å²) in [5.41, 5.74) is -0.347. The largest absolute Gasteiger partial charge is 0.363 e. The Morgan fingerprint density at radius 2 is 1.92 bits per heavy atom. The van der Waals surface area contributed by atoms with Crippen LogP contribution in [0.1, 0.15) is 26.2 Å². The third-order valence-corrected chi connectivity index (χ3v) is 2.07. The first-order valence-corrected chi connectivity index (χ1v) is 5.35. The molecule has 0 aromatic heterocycles. The minimum absolute atomic E-state index is 0.347. The molecule has 0 aliphatic carbocycles. The molecule has 0 amide bonds. The van der Waals surface area contributed by atoms with Crippen molar-refractivity contribution >= 4 is 46.4 Å². The fourth-order valence-corrected chi connectivity index (χ4v) is 1.13. The van der Waals surface area contributed by atoms with Crippen molar-refractivity contribution in [3.63, 3.8) is 0 Å². The second kappa shape index (κ2) is 6.56. The number of hydrogen-bond donors (Lipinski definition) is 0. The summed E-state index contributed by atoms with van der Waals surface area (Å²) in [6.45, 7) is 2.66. The lowest BCUT2D eigenvalue weighted by Crippen LogP contribution is -2.11. The van der Waals surface area contributed by atoms with Crippen molar-refractivity contribution in [1.29, 1.82) is 0 Å². The van der Waals surface area contributed by atoms with E-state index in [9.17, 15) is 0 Å². The molecule has 1 unspecified atom stereocenters. The molecule has 0 saturated heterocycles. The van der Waals surface area contributed by atoms with E-state index >= 15 is 0 Å². The third-order valence-electron chi connectivity index (χ3n) is 1.16. The smallest absolute Gasteiger partial charge is 0.190 e. The van der Waals surface area contributed by atoms with Crippen molar-refractivity contribution in [2.75, 3.05) is 6.61 Å². The van der Waals surface area contributed by atoms with Crippen molar-refractivity contribution in [3.05, 3.63) is 0 Å². The van der Waals surface area contributed by atoms with E-state index in [0.717, 1.165) is 6.42 Å². The van der Waals surface area contributed by atoms with Crippen LogP contribution in [0, 0.1) is 0 Å². The topological polar surface area (TPSA) is 9.23 Å². The van der Waals surface area contributed by atoms with Gasteiger partial charge >= 0.3 is 0 Å². The zero-order chi connectivity index (χ0) is 9.61. The Morgan fingerprint density at radius 1 is 1.33 bits per heavy atom. The van der Waals surface area contributed by atoms with Crippen LogP contribution >= 0.6 is 46.4 Å². The normalized spacial score (nSPS) is 14.8. The van der Waals surface area contributed by atoms with E-state index in [1.54, 1.807) is 0 Å². The monoisotopic (exact) mass is 252 g/mol. The van der Waals surface area contributed by atoms with E-state index in [-0.39, 0.29) is 5.56 Å². The number of alkyl halides is 4. The van der Waals surface area contributed by atoms with Gasteiger partial charge in [0.1, 0.15) is 5.56 Å². The highest BCUT2D eigenvalue weighted by Crippen LogP contribution is 2.32. The van der Waals surface area contributed by atoms with Crippen LogP contribution < -0.4 is 0 Å². The van der Waals surface area contributed by atoms with Gasteiger partial charge in [0, 0.05) is 6.61 Å². The van der Waals surface area contributed by atoms with E-state index in [1.807, 2.05) is 6.92 Å². The Bertz CT molecular complexity index is 112. The molecular weight excluding hydrogens is 242 g/mol. The minimum atomic E-state index is -1.22. The molecule has 74 valence electrons. The van der Waals surface area contributed by atoms with Crippen molar-refractivity contribution in [1.82, 2.24) is 0 Å². The first kappa shape index (κ1) is 13.1. The molecule has 0 aliphatic heterocycles. The fraction of sp³-hybridized carbons (Fsp3) is 1.00. The van der Waals surface area contributed by atoms with E-state index in [0.29, 0.717) is 19.4 Å². The van der Waals surface area contributed by atoms with Crippen LogP contribution in [0.25, 0.3) is 0 Å². The van der Waals surface area contributed by atoms with Crippen LogP contribution in [-0.2, 0) is 4.74 Å². The van der Waals surface area contributed by atoms with Crippen molar-refractivity contribution in [2.24, 2.45) is 0 Å². The average molecular weight is 254 g/mol. The molecule has 5 heteroatoms. The predicted octanol–water partition coefficient (Wildman–Crippen LogP) is 4.13. The summed E-state index contributed by atoms with van der Waals surface area (Å²) < 4.78 is 3.96. The molecule has 0 fully saturated rings. The maximum absolute atomic E-state index is 5.77. The van der Waals surface area contributed by atoms with Gasteiger partial charge in [-0.15, -0.1) is 0 Å². The molecule has 1 nitrogen and oxygen atoms in total. The summed E-state index contributed by atoms with van der Waals surface area (Å²) in [5, 5.41) is 0. The van der Waals surface area contributed by atoms with E-state index < -0.39 is 3.79 Å². The summed E-state index contributed by atoms with van der Waals surface area (Å²) in [4.78, 5) is 0. The molecule has 0 spiro atoms. The molecule has 0 radical (unpaired) electrons. The molecule has 12 heavy (non-hydrogen) atoms. The van der Waals surface area contributed by atoms with Gasteiger partial charge in [-0.2, -0.15) is 0 Å². The lowest BCUT2D eigenvalue weighted by Gasteiger charge is -2.14. The molecule has 0 bridgehead atoms. The van der Waals surface area contributed by atoms with Crippen molar-refractivity contribution in [3.8, 4) is 0 Å². The maximum Gasteiger partial charge on any atom is 0.190 e. The Balaban J connectivity index is 3.37. The van der Waals surface area contributed by atoms with Crippen molar-refractivity contribution < 1.29 is 4.74 Å². The van der Waals surface area contributed by atoms with Crippen LogP contribution in [0.3, 0.4) is 0 Å². The molecule has 0 N–H and O–H groups in total. The van der Waals surface area contributed by atoms with Gasteiger partial charge in [0.15, 0.2) is 3.79 Å². The van der Waals surface area contributed by atoms with Gasteiger partial charge in [-0.25, -0.2) is 0 Å². The predicted molar refractivity (Wildman–Crippen MR) is 55.4 cm³/mol. The van der Waals surface area contributed by atoms with Crippen LogP contribution in [0.2, 0.25) is 0 Å². The standard InChI is InChI=1S/C7H12Cl4O/c1-2-5-12-6(8)3-4-7(9,10)11/h6H,2-5H2,1H3. The second-order valence-corrected chi connectivity index (χ2v) is 5.44. The van der Waals surface area contributed by atoms with Crippen LogP contribution in [-0.4, -0.2) is 16.0 Å². The minimum Gasteiger partial charge on any atom is -0.363 e. The maximum atomic E-state index is 5.77. The molecular formula is C7H12Cl4O. The number of halogens is 4. The van der Waals surface area contributed by atoms with Crippen LogP contribution in [0.4, 0.5) is 0 Å². The van der Waals surface area contributed by atoms with Gasteiger partial charge < -0.3 is 4.74 Å². The highest BCUT2D eigenvalue weighted by molar-refractivity contribution is 6.67. The first-order valence-electron chi connectivity index (χ1n) is 3.78. The Kier molecular flexibility index (Phi) is 7.17. The summed E-state index contributed by atoms with van der Waals surface area (Å²) >= 11 is 22.4. The number of ether oxygens (including phenoxy) is 1. The zero-order valence-corrected chi connectivity index (χ0v) is 9.85. The van der Waals surface area contributed by atoms with E-state index in [1.165, 1.54) is 0 Å². The summed E-state index contributed by atoms with van der Waals surface area (Å²) in [5.74, 6) is 0. The summed E-state index contributed by atoms with van der Waals surface area (Å²) in [6, 6.07) is 0. The molecule has 0 saturated carbocycles. The molecule has 0 aliphatic rings. The Labute approximate surface area is 93.3 Å². The molecule has 0 aromatic rings. The quantitative estimate of drug-likeness (QED) is 0.670. The molecule has 0 aromatic carbocycles. The fourth-order valence-electron chi connectivity index (χ4n) is 0.606. The van der Waals surface area contributed by atoms with E-state index in [4.69, 9.17) is 51.1 Å². The summed E-state index contributed by atoms with van der Waals surface area (Å²) in [6.07, 6.45) is 1.91. The number of hydrogen-bond acceptors (Lipinski definition) is 1. The van der Waals surface area contributed by atoms with Gasteiger partial charge in [0.25, 0.3) is 0 Å². The lowest BCUT2D eigenvalue weighted by atomic mass is 10.3. The lowest BCUT2D eigenvalue weighted by molar-refractivity contribution is 0.101. The summed E-state index contributed by atoms with van der Waals surface area (Å²) in [7, 11) is 0. The van der Waals surface area contributed by atoms with Gasteiger partial charge in [-0.1, -0.05) is 53.3 Å². The highest BCUT2D eigenvalue weighted by atomic mass is 35.6. The average Bonchev–Trinajstić information content (AvgIpc) is 1.95. The Morgan fingerprint density at radius 3 is 2.33 bits per heavy atom. The van der Waals surface area contributed by atoms with Crippen LogP contribution in [0.15, 0.2) is 0 Å². The van der Waals surface area contributed by atoms with E-state index in [2.05, 4.69) is 0 Å². The molecule has 0 heterocycles. The van der Waals surface area contributed by atoms with Gasteiger partial charge in [0.2, 0.25) is 0 Å². The van der Waals surface area contributed by atoms with Gasteiger partial charge in [0.05, 0.1) is 0 Å². The first-order chi connectivity index (χ1) is 5.45. The SMILES string of the molecule is CCCOC(Cl)CCC(Cl)(Cl)Cl. The molecule has 0 rings (SSSR count). The number of rotatable bonds is 5. The molecule has 1 atom stereocenters. The second-order valence-electron chi connectivity index (χ2n) is 2.43. The van der Waals surface area contributed by atoms with Crippen LogP contribution in [0.5, 0.6) is 0 Å². The highest BCUT2D eigenvalue weighted by Gasteiger charge is 2.20. The zero-order valence-electron chi connectivity index (χ0n) is 6.83. The third kappa shape index (κ3) is 9.21.